The summed E-state index contributed by atoms with van der Waals surface area (Å²) >= 11 is 0. The van der Waals surface area contributed by atoms with Gasteiger partial charge in [0.05, 0.1) is 29.9 Å². The van der Waals surface area contributed by atoms with Crippen LogP contribution in [0.5, 0.6) is 0 Å². The first-order valence-corrected chi connectivity index (χ1v) is 9.55. The fraction of sp³-hybridized carbons (Fsp3) is 0.250. The predicted octanol–water partition coefficient (Wildman–Crippen LogP) is 0.0201. The zero-order chi connectivity index (χ0) is 19.4. The third kappa shape index (κ3) is 4.57. The minimum Gasteiger partial charge on any atom is -0.395 e. The minimum absolute atomic E-state index is 0.0461. The smallest absolute Gasteiger partial charge is 0.240 e. The van der Waals surface area contributed by atoms with E-state index < -0.39 is 15.8 Å². The van der Waals surface area contributed by atoms with E-state index in [9.17, 15) is 12.8 Å². The topological polar surface area (TPSA) is 110 Å². The van der Waals surface area contributed by atoms with Crippen molar-refractivity contribution in [3.63, 3.8) is 0 Å². The lowest BCUT2D eigenvalue weighted by Gasteiger charge is -2.21. The van der Waals surface area contributed by atoms with Gasteiger partial charge < -0.3 is 5.11 Å². The molecule has 0 fully saturated rings. The van der Waals surface area contributed by atoms with Gasteiger partial charge in [0.15, 0.2) is 5.84 Å². The molecular weight excluding hydrogens is 375 g/mol. The average Bonchev–Trinajstić information content (AvgIpc) is 3.02. The van der Waals surface area contributed by atoms with E-state index in [0.717, 1.165) is 6.20 Å². The first-order valence-electron chi connectivity index (χ1n) is 8.07. The van der Waals surface area contributed by atoms with Crippen molar-refractivity contribution in [2.24, 2.45) is 5.10 Å². The Morgan fingerprint density at radius 1 is 1.22 bits per heavy atom. The molecule has 0 saturated carbocycles. The molecule has 1 aromatic carbocycles. The molecule has 1 aliphatic rings. The Kier molecular flexibility index (Phi) is 5.65. The molecule has 0 aliphatic carbocycles. The molecule has 3 N–H and O–H groups in total. The molecule has 0 unspecified atom stereocenters. The summed E-state index contributed by atoms with van der Waals surface area (Å²) in [5.74, 6) is 0.131. The highest BCUT2D eigenvalue weighted by atomic mass is 32.2. The molecule has 2 heterocycles. The number of pyridine rings is 1. The number of hydrogen-bond donors (Lipinski definition) is 3. The maximum absolute atomic E-state index is 13.0. The summed E-state index contributed by atoms with van der Waals surface area (Å²) in [6.45, 7) is 0.0173. The minimum atomic E-state index is -3.66. The number of sulfonamides is 1. The lowest BCUT2D eigenvalue weighted by molar-refractivity contribution is -0.00972. The summed E-state index contributed by atoms with van der Waals surface area (Å²) in [5, 5.41) is 16.4. The Morgan fingerprint density at radius 2 is 1.96 bits per heavy atom. The molecule has 0 saturated heterocycles. The molecule has 0 atom stereocenters. The third-order valence-corrected chi connectivity index (χ3v) is 5.24. The van der Waals surface area contributed by atoms with Crippen LogP contribution >= 0.6 is 0 Å². The van der Waals surface area contributed by atoms with Gasteiger partial charge in [-0.25, -0.2) is 22.6 Å². The van der Waals surface area contributed by atoms with Crippen LogP contribution in [-0.4, -0.2) is 54.8 Å². The standard InChI is InChI=1S/C16H19FN6O3S/c1-22-20-16(21-23(22)11-14-5-4-13(17)10-18-14)12-2-6-15(7-3-12)27(25,26)19-8-9-24/h2-7,10,19,24H,8-9,11H2,1H3,(H,20,21). The van der Waals surface area contributed by atoms with Crippen LogP contribution in [0.15, 0.2) is 52.6 Å². The van der Waals surface area contributed by atoms with Crippen molar-refractivity contribution in [2.75, 3.05) is 20.2 Å². The van der Waals surface area contributed by atoms with Crippen molar-refractivity contribution in [3.8, 4) is 0 Å². The van der Waals surface area contributed by atoms with Gasteiger partial charge in [-0.15, -0.1) is 10.2 Å². The van der Waals surface area contributed by atoms with Gasteiger partial charge in [0.2, 0.25) is 10.0 Å². The number of aliphatic hydroxyl groups excluding tert-OH is 1. The lowest BCUT2D eigenvalue weighted by Crippen LogP contribution is -2.40. The summed E-state index contributed by atoms with van der Waals surface area (Å²) in [6, 6.07) is 9.10. The molecule has 27 heavy (non-hydrogen) atoms. The van der Waals surface area contributed by atoms with Gasteiger partial charge in [0.25, 0.3) is 0 Å². The van der Waals surface area contributed by atoms with Crippen molar-refractivity contribution in [1.29, 1.82) is 0 Å². The molecule has 0 amide bonds. The van der Waals surface area contributed by atoms with E-state index in [1.54, 1.807) is 35.5 Å². The van der Waals surface area contributed by atoms with E-state index in [-0.39, 0.29) is 18.0 Å². The summed E-state index contributed by atoms with van der Waals surface area (Å²) in [6.07, 6.45) is 1.15. The van der Waals surface area contributed by atoms with Crippen LogP contribution in [0.3, 0.4) is 0 Å². The first-order chi connectivity index (χ1) is 12.9. The van der Waals surface area contributed by atoms with Gasteiger partial charge in [-0.2, -0.15) is 0 Å². The zero-order valence-electron chi connectivity index (χ0n) is 14.5. The van der Waals surface area contributed by atoms with Crippen molar-refractivity contribution >= 4 is 15.9 Å². The second-order valence-electron chi connectivity index (χ2n) is 5.73. The third-order valence-electron chi connectivity index (χ3n) is 3.76. The monoisotopic (exact) mass is 394 g/mol. The Labute approximate surface area is 156 Å². The van der Waals surface area contributed by atoms with Crippen molar-refractivity contribution < 1.29 is 17.9 Å². The molecular formula is C16H19FN6O3S. The molecule has 1 aromatic heterocycles. The number of hydrazone groups is 1. The van der Waals surface area contributed by atoms with Crippen molar-refractivity contribution in [2.45, 2.75) is 11.4 Å². The highest BCUT2D eigenvalue weighted by Gasteiger charge is 2.22. The molecule has 0 spiro atoms. The average molecular weight is 394 g/mol. The van der Waals surface area contributed by atoms with Crippen LogP contribution in [0.1, 0.15) is 11.3 Å². The Bertz CT molecular complexity index is 918. The van der Waals surface area contributed by atoms with Crippen LogP contribution in [0.25, 0.3) is 0 Å². The molecule has 3 rings (SSSR count). The number of benzene rings is 1. The van der Waals surface area contributed by atoms with Crippen LogP contribution in [0.2, 0.25) is 0 Å². The van der Waals surface area contributed by atoms with Crippen LogP contribution in [-0.2, 0) is 16.6 Å². The number of aromatic nitrogens is 1. The molecule has 2 aromatic rings. The van der Waals surface area contributed by atoms with Crippen LogP contribution in [0.4, 0.5) is 4.39 Å². The molecule has 1 aliphatic heterocycles. The van der Waals surface area contributed by atoms with Gasteiger partial charge in [-0.1, -0.05) is 0 Å². The zero-order valence-corrected chi connectivity index (χ0v) is 15.3. The number of rotatable bonds is 7. The second kappa shape index (κ2) is 7.96. The van der Waals surface area contributed by atoms with E-state index in [1.807, 2.05) is 0 Å². The highest BCUT2D eigenvalue weighted by Crippen LogP contribution is 2.15. The number of nitrogens with zero attached hydrogens (tertiary/aromatic N) is 4. The maximum Gasteiger partial charge on any atom is 0.240 e. The summed E-state index contributed by atoms with van der Waals surface area (Å²) in [4.78, 5) is 4.10. The number of hydrogen-bond acceptors (Lipinski definition) is 8. The number of aliphatic hydroxyl groups is 1. The van der Waals surface area contributed by atoms with Gasteiger partial charge in [0, 0.05) is 19.2 Å². The normalized spacial score (nSPS) is 14.9. The Balaban J connectivity index is 1.73. The van der Waals surface area contributed by atoms with Crippen LogP contribution < -0.4 is 10.1 Å². The lowest BCUT2D eigenvalue weighted by atomic mass is 10.2. The summed E-state index contributed by atoms with van der Waals surface area (Å²) in [5.41, 5.74) is 4.39. The Hall–Kier alpha value is -2.60. The first kappa shape index (κ1) is 19.2. The SMILES string of the molecule is CN1NC(c2ccc(S(=O)(=O)NCCO)cc2)=NN1Cc1ccc(F)cn1. The van der Waals surface area contributed by atoms with E-state index >= 15 is 0 Å². The van der Waals surface area contributed by atoms with Crippen LogP contribution in [0, 0.1) is 5.82 Å². The van der Waals surface area contributed by atoms with E-state index in [4.69, 9.17) is 5.11 Å². The molecule has 0 bridgehead atoms. The Morgan fingerprint density at radius 3 is 2.59 bits per heavy atom. The number of hydrazine groups is 2. The summed E-state index contributed by atoms with van der Waals surface area (Å²) < 4.78 is 39.3. The largest absolute Gasteiger partial charge is 0.395 e. The van der Waals surface area contributed by atoms with Gasteiger partial charge in [-0.3, -0.25) is 10.4 Å². The van der Waals surface area contributed by atoms with E-state index in [1.165, 1.54) is 18.2 Å². The molecule has 11 heteroatoms. The number of amidine groups is 1. The van der Waals surface area contributed by atoms with Gasteiger partial charge in [-0.05, 0) is 36.4 Å². The maximum atomic E-state index is 13.0. The number of halogens is 1. The predicted molar refractivity (Wildman–Crippen MR) is 95.9 cm³/mol. The highest BCUT2D eigenvalue weighted by molar-refractivity contribution is 7.89. The number of nitrogens with one attached hydrogen (secondary N) is 2. The van der Waals surface area contributed by atoms with E-state index in [2.05, 4.69) is 20.2 Å². The van der Waals surface area contributed by atoms with Crippen molar-refractivity contribution in [1.82, 2.24) is 25.4 Å². The fourth-order valence-electron chi connectivity index (χ4n) is 2.38. The second-order valence-corrected chi connectivity index (χ2v) is 7.49. The quantitative estimate of drug-likeness (QED) is 0.607. The van der Waals surface area contributed by atoms with E-state index in [0.29, 0.717) is 23.6 Å². The van der Waals surface area contributed by atoms with Gasteiger partial charge >= 0.3 is 0 Å². The molecule has 9 nitrogen and oxygen atoms in total. The molecule has 144 valence electrons. The van der Waals surface area contributed by atoms with Crippen molar-refractivity contribution in [3.05, 3.63) is 59.7 Å². The molecule has 0 radical (unpaired) electrons. The fourth-order valence-corrected chi connectivity index (χ4v) is 3.40. The summed E-state index contributed by atoms with van der Waals surface area (Å²) in [7, 11) is -1.90. The van der Waals surface area contributed by atoms with Gasteiger partial charge in [0.1, 0.15) is 5.82 Å².